The lowest BCUT2D eigenvalue weighted by molar-refractivity contribution is 1.19. The minimum Gasteiger partial charge on any atom is -0.0616 e. The minimum absolute atomic E-state index is 0.936. The van der Waals surface area contributed by atoms with Gasteiger partial charge in [-0.3, -0.25) is 0 Å². The zero-order valence-electron chi connectivity index (χ0n) is 18.4. The quantitative estimate of drug-likeness (QED) is 0.267. The number of hydrogen-bond donors (Lipinski definition) is 0. The Morgan fingerprint density at radius 3 is 1.18 bits per heavy atom. The topological polar surface area (TPSA) is 0 Å². The molecule has 6 rings (SSSR count). The van der Waals surface area contributed by atoms with Gasteiger partial charge in [-0.1, -0.05) is 133 Å². The van der Waals surface area contributed by atoms with Gasteiger partial charge in [-0.25, -0.2) is 0 Å². The summed E-state index contributed by atoms with van der Waals surface area (Å²) in [5, 5.41) is 5.17. The van der Waals surface area contributed by atoms with Gasteiger partial charge in [0.1, 0.15) is 0 Å². The lowest BCUT2D eigenvalue weighted by Crippen LogP contribution is -1.89. The van der Waals surface area contributed by atoms with E-state index in [9.17, 15) is 0 Å². The third-order valence-electron chi connectivity index (χ3n) is 6.52. The number of hydrogen-bond acceptors (Lipinski definition) is 0. The Kier molecular flexibility index (Phi) is 4.97. The highest BCUT2D eigenvalue weighted by Gasteiger charge is 2.06. The van der Waals surface area contributed by atoms with Crippen molar-refractivity contribution in [3.63, 3.8) is 0 Å². The van der Waals surface area contributed by atoms with Crippen LogP contribution in [0.1, 0.15) is 11.1 Å². The van der Waals surface area contributed by atoms with E-state index >= 15 is 0 Å². The first-order valence-electron chi connectivity index (χ1n) is 11.5. The van der Waals surface area contributed by atoms with E-state index in [1.54, 1.807) is 0 Å². The molecule has 0 aliphatic carbocycles. The van der Waals surface area contributed by atoms with Crippen molar-refractivity contribution in [1.82, 2.24) is 0 Å². The molecule has 6 aromatic carbocycles. The highest BCUT2D eigenvalue weighted by molar-refractivity contribution is 5.97. The second kappa shape index (κ2) is 8.41. The van der Waals surface area contributed by atoms with E-state index in [2.05, 4.69) is 133 Å². The maximum atomic E-state index is 2.26. The van der Waals surface area contributed by atoms with Gasteiger partial charge in [0.15, 0.2) is 0 Å². The van der Waals surface area contributed by atoms with Gasteiger partial charge in [0.05, 0.1) is 0 Å². The SMILES string of the molecule is c1ccc2c(-c3ccc(Cc4ccc(-c5cccc6ccccc56)cc4)cc3)cccc2c1. The molecule has 0 aliphatic rings. The molecular formula is C33H24. The molecule has 0 atom stereocenters. The smallest absolute Gasteiger partial charge is 0.00258 e. The molecule has 0 spiro atoms. The maximum absolute atomic E-state index is 2.26. The second-order valence-corrected chi connectivity index (χ2v) is 8.62. The van der Waals surface area contributed by atoms with E-state index in [4.69, 9.17) is 0 Å². The molecule has 0 aliphatic heterocycles. The van der Waals surface area contributed by atoms with Crippen LogP contribution in [0.2, 0.25) is 0 Å². The predicted molar refractivity (Wildman–Crippen MR) is 142 cm³/mol. The van der Waals surface area contributed by atoms with Gasteiger partial charge in [0.25, 0.3) is 0 Å². The molecule has 0 heterocycles. The summed E-state index contributed by atoms with van der Waals surface area (Å²) in [5.74, 6) is 0. The van der Waals surface area contributed by atoms with E-state index in [1.165, 1.54) is 54.9 Å². The Morgan fingerprint density at radius 2 is 0.727 bits per heavy atom. The summed E-state index contributed by atoms with van der Waals surface area (Å²) in [6.45, 7) is 0. The standard InChI is InChI=1S/C33H24/c1-3-11-30-26(7-1)9-5-13-32(30)28-19-15-24(16-20-28)23-25-17-21-29(22-18-25)33-14-6-10-27-8-2-4-12-31(27)33/h1-22H,23H2. The molecule has 0 saturated heterocycles. The van der Waals surface area contributed by atoms with Crippen molar-refractivity contribution in [2.75, 3.05) is 0 Å². The van der Waals surface area contributed by atoms with Crippen LogP contribution in [0.15, 0.2) is 133 Å². The fourth-order valence-corrected chi connectivity index (χ4v) is 4.79. The average Bonchev–Trinajstić information content (AvgIpc) is 2.89. The van der Waals surface area contributed by atoms with Crippen molar-refractivity contribution >= 4 is 21.5 Å². The second-order valence-electron chi connectivity index (χ2n) is 8.62. The Hall–Kier alpha value is -4.16. The fourth-order valence-electron chi connectivity index (χ4n) is 4.79. The molecule has 0 radical (unpaired) electrons. The molecule has 33 heavy (non-hydrogen) atoms. The van der Waals surface area contributed by atoms with Crippen LogP contribution in [0.25, 0.3) is 43.8 Å². The van der Waals surface area contributed by atoms with Crippen LogP contribution in [0.5, 0.6) is 0 Å². The van der Waals surface area contributed by atoms with Crippen LogP contribution in [0.4, 0.5) is 0 Å². The Labute approximate surface area is 194 Å². The molecule has 0 unspecified atom stereocenters. The van der Waals surface area contributed by atoms with Gasteiger partial charge in [0.2, 0.25) is 0 Å². The lowest BCUT2D eigenvalue weighted by atomic mass is 9.95. The zero-order valence-corrected chi connectivity index (χ0v) is 18.4. The predicted octanol–water partition coefficient (Wildman–Crippen LogP) is 8.92. The van der Waals surface area contributed by atoms with E-state index in [0.717, 1.165) is 6.42 Å². The van der Waals surface area contributed by atoms with Crippen LogP contribution in [-0.4, -0.2) is 0 Å². The van der Waals surface area contributed by atoms with Crippen LogP contribution < -0.4 is 0 Å². The first-order chi connectivity index (χ1) is 16.3. The Morgan fingerprint density at radius 1 is 0.333 bits per heavy atom. The summed E-state index contributed by atoms with van der Waals surface area (Å²) in [7, 11) is 0. The molecule has 156 valence electrons. The monoisotopic (exact) mass is 420 g/mol. The van der Waals surface area contributed by atoms with Crippen molar-refractivity contribution < 1.29 is 0 Å². The van der Waals surface area contributed by atoms with Gasteiger partial charge in [-0.05, 0) is 61.3 Å². The van der Waals surface area contributed by atoms with E-state index in [1.807, 2.05) is 0 Å². The lowest BCUT2D eigenvalue weighted by Gasteiger charge is -2.10. The molecule has 0 fully saturated rings. The van der Waals surface area contributed by atoms with Crippen molar-refractivity contribution in [2.45, 2.75) is 6.42 Å². The van der Waals surface area contributed by atoms with E-state index in [-0.39, 0.29) is 0 Å². The number of rotatable bonds is 4. The molecule has 0 heteroatoms. The molecular weight excluding hydrogens is 396 g/mol. The molecule has 0 saturated carbocycles. The van der Waals surface area contributed by atoms with Crippen LogP contribution in [0.3, 0.4) is 0 Å². The van der Waals surface area contributed by atoms with Crippen molar-refractivity contribution in [3.05, 3.63) is 145 Å². The first-order valence-corrected chi connectivity index (χ1v) is 11.5. The molecule has 0 nitrogen and oxygen atoms in total. The zero-order chi connectivity index (χ0) is 22.0. The summed E-state index contributed by atoms with van der Waals surface area (Å²) in [6.07, 6.45) is 0.936. The van der Waals surface area contributed by atoms with Gasteiger partial charge in [-0.2, -0.15) is 0 Å². The molecule has 6 aromatic rings. The van der Waals surface area contributed by atoms with E-state index < -0.39 is 0 Å². The molecule has 0 N–H and O–H groups in total. The third-order valence-corrected chi connectivity index (χ3v) is 6.52. The van der Waals surface area contributed by atoms with Crippen molar-refractivity contribution in [3.8, 4) is 22.3 Å². The van der Waals surface area contributed by atoms with Gasteiger partial charge >= 0.3 is 0 Å². The van der Waals surface area contributed by atoms with Crippen molar-refractivity contribution in [2.24, 2.45) is 0 Å². The minimum atomic E-state index is 0.936. The summed E-state index contributed by atoms with van der Waals surface area (Å²) in [5.41, 5.74) is 7.77. The van der Waals surface area contributed by atoms with Crippen LogP contribution >= 0.6 is 0 Å². The molecule has 0 bridgehead atoms. The Balaban J connectivity index is 1.25. The fraction of sp³-hybridized carbons (Fsp3) is 0.0303. The average molecular weight is 421 g/mol. The first kappa shape index (κ1) is 19.5. The van der Waals surface area contributed by atoms with Gasteiger partial charge < -0.3 is 0 Å². The van der Waals surface area contributed by atoms with E-state index in [0.29, 0.717) is 0 Å². The summed E-state index contributed by atoms with van der Waals surface area (Å²) in [4.78, 5) is 0. The highest BCUT2D eigenvalue weighted by atomic mass is 14.1. The third kappa shape index (κ3) is 3.81. The summed E-state index contributed by atoms with van der Waals surface area (Å²) < 4.78 is 0. The number of benzene rings is 6. The summed E-state index contributed by atoms with van der Waals surface area (Å²) in [6, 6.07) is 48.3. The molecule has 0 aromatic heterocycles. The van der Waals surface area contributed by atoms with Gasteiger partial charge in [-0.15, -0.1) is 0 Å². The highest BCUT2D eigenvalue weighted by Crippen LogP contribution is 2.30. The molecule has 0 amide bonds. The largest absolute Gasteiger partial charge is 0.0616 e. The normalized spacial score (nSPS) is 11.2. The van der Waals surface area contributed by atoms with Gasteiger partial charge in [0, 0.05) is 0 Å². The maximum Gasteiger partial charge on any atom is -0.00258 e. The van der Waals surface area contributed by atoms with Crippen LogP contribution in [-0.2, 0) is 6.42 Å². The number of fused-ring (bicyclic) bond motifs is 2. The summed E-state index contributed by atoms with van der Waals surface area (Å²) >= 11 is 0. The van der Waals surface area contributed by atoms with Crippen molar-refractivity contribution in [1.29, 1.82) is 0 Å². The Bertz CT molecular complexity index is 1420. The van der Waals surface area contributed by atoms with Crippen LogP contribution in [0, 0.1) is 0 Å².